The summed E-state index contributed by atoms with van der Waals surface area (Å²) in [5.41, 5.74) is 5.11. The number of nitrogen functional groups attached to an aromatic ring is 1. The minimum atomic E-state index is -4.57. The lowest BCUT2D eigenvalue weighted by atomic mass is 10.1. The first-order valence-corrected chi connectivity index (χ1v) is 8.97. The monoisotopic (exact) mass is 473 g/mol. The molecule has 2 heterocycles. The van der Waals surface area contributed by atoms with E-state index in [0.29, 0.717) is 17.4 Å². The molecule has 1 saturated heterocycles. The Bertz CT molecular complexity index is 986. The fraction of sp³-hybridized carbons (Fsp3) is 0.263. The van der Waals surface area contributed by atoms with Crippen LogP contribution >= 0.6 is 12.4 Å². The van der Waals surface area contributed by atoms with Crippen LogP contribution in [0.3, 0.4) is 0 Å². The minimum absolute atomic E-state index is 0. The molecular formula is C19H19ClF3N5O4. The van der Waals surface area contributed by atoms with Crippen molar-refractivity contribution in [3.05, 3.63) is 53.7 Å². The van der Waals surface area contributed by atoms with Crippen molar-refractivity contribution in [1.82, 2.24) is 4.98 Å². The maximum Gasteiger partial charge on any atom is 0.417 e. The van der Waals surface area contributed by atoms with E-state index in [-0.39, 0.29) is 37.2 Å². The number of hydrogen-bond donors (Lipinski definition) is 4. The van der Waals surface area contributed by atoms with Gasteiger partial charge in [-0.1, -0.05) is 0 Å². The highest BCUT2D eigenvalue weighted by Crippen LogP contribution is 2.30. The number of hydrogen-bond acceptors (Lipinski definition) is 6. The van der Waals surface area contributed by atoms with Crippen molar-refractivity contribution in [3.8, 4) is 0 Å². The molecule has 2 amide bonds. The second kappa shape index (κ2) is 9.94. The minimum Gasteiger partial charge on any atom is -0.384 e. The number of carbonyl (C=O) groups is 2. The molecule has 0 bridgehead atoms. The van der Waals surface area contributed by atoms with E-state index in [4.69, 9.17) is 15.9 Å². The zero-order valence-corrected chi connectivity index (χ0v) is 17.1. The molecule has 0 saturated carbocycles. The largest absolute Gasteiger partial charge is 0.417 e. The molecule has 13 heteroatoms. The average Bonchev–Trinajstić information content (AvgIpc) is 2.73. The molecule has 9 nitrogen and oxygen atoms in total. The topological polar surface area (TPSA) is 142 Å². The number of alkyl halides is 3. The standard InChI is InChI=1S/C19H18F3N5O4.ClH/c20-19(21,22)11-3-6-13(25-9-11)27-7-8-31-15(18(27)30)14(28)17(29)26-12-4-1-10(2-5-12)16(23)24;/h1-6,9,14-15,28H,7-8H2,(H3,23,24)(H,26,29);1H/t14?,15-;/m1./s1. The molecule has 1 unspecified atom stereocenters. The molecule has 0 radical (unpaired) electrons. The van der Waals surface area contributed by atoms with E-state index in [0.717, 1.165) is 17.0 Å². The molecule has 2 atom stereocenters. The Morgan fingerprint density at radius 2 is 1.94 bits per heavy atom. The number of benzene rings is 1. The van der Waals surface area contributed by atoms with Gasteiger partial charge in [-0.25, -0.2) is 4.98 Å². The van der Waals surface area contributed by atoms with E-state index in [2.05, 4.69) is 10.3 Å². The number of morpholine rings is 1. The Balaban J connectivity index is 0.00000363. The van der Waals surface area contributed by atoms with Gasteiger partial charge in [-0.3, -0.25) is 19.9 Å². The van der Waals surface area contributed by atoms with Crippen molar-refractivity contribution in [2.24, 2.45) is 5.73 Å². The molecule has 1 aliphatic rings. The van der Waals surface area contributed by atoms with Crippen LogP contribution in [0.2, 0.25) is 0 Å². The van der Waals surface area contributed by atoms with Crippen molar-refractivity contribution >= 4 is 41.6 Å². The number of aliphatic hydroxyl groups excluding tert-OH is 1. The molecule has 172 valence electrons. The van der Waals surface area contributed by atoms with Crippen LogP contribution in [0.15, 0.2) is 42.6 Å². The summed E-state index contributed by atoms with van der Waals surface area (Å²) < 4.78 is 43.3. The molecule has 1 aromatic carbocycles. The first-order valence-electron chi connectivity index (χ1n) is 8.97. The lowest BCUT2D eigenvalue weighted by Gasteiger charge is -2.33. The first-order chi connectivity index (χ1) is 14.6. The number of rotatable bonds is 5. The molecule has 1 aromatic heterocycles. The summed E-state index contributed by atoms with van der Waals surface area (Å²) in [5.74, 6) is -1.95. The Morgan fingerprint density at radius 3 is 2.47 bits per heavy atom. The molecule has 3 rings (SSSR count). The normalized spacial score (nSPS) is 17.3. The fourth-order valence-electron chi connectivity index (χ4n) is 2.86. The maximum atomic E-state index is 12.7. The highest BCUT2D eigenvalue weighted by molar-refractivity contribution is 6.03. The fourth-order valence-corrected chi connectivity index (χ4v) is 2.86. The molecule has 5 N–H and O–H groups in total. The Kier molecular flexibility index (Phi) is 7.78. The molecule has 2 aromatic rings. The van der Waals surface area contributed by atoms with Crippen LogP contribution in [-0.2, 0) is 20.5 Å². The predicted octanol–water partition coefficient (Wildman–Crippen LogP) is 1.54. The number of aliphatic hydroxyl groups is 1. The number of aromatic nitrogens is 1. The van der Waals surface area contributed by atoms with Crippen molar-refractivity contribution in [2.75, 3.05) is 23.4 Å². The second-order valence-electron chi connectivity index (χ2n) is 6.61. The van der Waals surface area contributed by atoms with Gasteiger partial charge in [0.2, 0.25) is 0 Å². The van der Waals surface area contributed by atoms with Crippen LogP contribution in [0.4, 0.5) is 24.7 Å². The second-order valence-corrected chi connectivity index (χ2v) is 6.61. The maximum absolute atomic E-state index is 12.7. The number of ether oxygens (including phenoxy) is 1. The van der Waals surface area contributed by atoms with Crippen molar-refractivity contribution in [1.29, 1.82) is 5.41 Å². The predicted molar refractivity (Wildman–Crippen MR) is 111 cm³/mol. The summed E-state index contributed by atoms with van der Waals surface area (Å²) in [4.78, 5) is 29.8. The van der Waals surface area contributed by atoms with Crippen molar-refractivity contribution in [2.45, 2.75) is 18.4 Å². The third kappa shape index (κ3) is 5.52. The van der Waals surface area contributed by atoms with Gasteiger partial charge in [-0.2, -0.15) is 13.2 Å². The van der Waals surface area contributed by atoms with Gasteiger partial charge in [0, 0.05) is 17.4 Å². The van der Waals surface area contributed by atoms with Gasteiger partial charge in [0.15, 0.2) is 12.2 Å². The van der Waals surface area contributed by atoms with E-state index in [1.54, 1.807) is 0 Å². The van der Waals surface area contributed by atoms with Crippen LogP contribution < -0.4 is 16.0 Å². The SMILES string of the molecule is Cl.N=C(N)c1ccc(NC(=O)C(O)[C@H]2OCCN(c3ccc(C(F)(F)F)cn3)C2=O)cc1. The number of amides is 2. The van der Waals surface area contributed by atoms with E-state index in [1.807, 2.05) is 0 Å². The number of nitrogens with zero attached hydrogens (tertiary/aromatic N) is 2. The van der Waals surface area contributed by atoms with E-state index in [1.165, 1.54) is 24.3 Å². The van der Waals surface area contributed by atoms with Gasteiger partial charge in [-0.15, -0.1) is 12.4 Å². The van der Waals surface area contributed by atoms with Crippen LogP contribution in [-0.4, -0.2) is 53.1 Å². The molecule has 32 heavy (non-hydrogen) atoms. The Labute approximate surface area is 186 Å². The average molecular weight is 474 g/mol. The number of carbonyl (C=O) groups excluding carboxylic acids is 2. The molecule has 1 fully saturated rings. The Hall–Kier alpha value is -3.22. The number of nitrogens with one attached hydrogen (secondary N) is 2. The van der Waals surface area contributed by atoms with Crippen LogP contribution in [0, 0.1) is 5.41 Å². The third-order valence-electron chi connectivity index (χ3n) is 4.49. The summed E-state index contributed by atoms with van der Waals surface area (Å²) >= 11 is 0. The number of pyridine rings is 1. The van der Waals surface area contributed by atoms with Gasteiger partial charge in [0.05, 0.1) is 18.7 Å². The highest BCUT2D eigenvalue weighted by atomic mass is 35.5. The number of amidine groups is 1. The third-order valence-corrected chi connectivity index (χ3v) is 4.49. The van der Waals surface area contributed by atoms with Gasteiger partial charge in [0.25, 0.3) is 11.8 Å². The van der Waals surface area contributed by atoms with E-state index < -0.39 is 35.8 Å². The van der Waals surface area contributed by atoms with E-state index >= 15 is 0 Å². The molecular weight excluding hydrogens is 455 g/mol. The van der Waals surface area contributed by atoms with Gasteiger partial charge < -0.3 is 20.9 Å². The van der Waals surface area contributed by atoms with Gasteiger partial charge in [0.1, 0.15) is 11.7 Å². The van der Waals surface area contributed by atoms with Crippen molar-refractivity contribution < 1.29 is 32.6 Å². The van der Waals surface area contributed by atoms with Gasteiger partial charge in [-0.05, 0) is 36.4 Å². The molecule has 0 spiro atoms. The van der Waals surface area contributed by atoms with Crippen molar-refractivity contribution in [3.63, 3.8) is 0 Å². The number of nitrogens with two attached hydrogens (primary N) is 1. The number of halogens is 4. The van der Waals surface area contributed by atoms with Crippen LogP contribution in [0.5, 0.6) is 0 Å². The zero-order chi connectivity index (χ0) is 22.8. The summed E-state index contributed by atoms with van der Waals surface area (Å²) in [6, 6.07) is 7.72. The highest BCUT2D eigenvalue weighted by Gasteiger charge is 2.40. The van der Waals surface area contributed by atoms with E-state index in [9.17, 15) is 27.9 Å². The smallest absolute Gasteiger partial charge is 0.384 e. The molecule has 0 aliphatic carbocycles. The van der Waals surface area contributed by atoms with Crippen LogP contribution in [0.1, 0.15) is 11.1 Å². The summed E-state index contributed by atoms with van der Waals surface area (Å²) in [6.45, 7) is -0.0642. The quantitative estimate of drug-likeness (QED) is 0.383. The zero-order valence-electron chi connectivity index (χ0n) is 16.3. The number of anilines is 2. The lowest BCUT2D eigenvalue weighted by molar-refractivity contribution is -0.150. The summed E-state index contributed by atoms with van der Waals surface area (Å²) in [7, 11) is 0. The lowest BCUT2D eigenvalue weighted by Crippen LogP contribution is -2.55. The molecule has 1 aliphatic heterocycles. The van der Waals surface area contributed by atoms with Gasteiger partial charge >= 0.3 is 6.18 Å². The summed E-state index contributed by atoms with van der Waals surface area (Å²) in [6.07, 6.45) is -7.41. The summed E-state index contributed by atoms with van der Waals surface area (Å²) in [5, 5.41) is 20.1. The first kappa shape index (κ1) is 25.0. The van der Waals surface area contributed by atoms with Crippen LogP contribution in [0.25, 0.3) is 0 Å². The Morgan fingerprint density at radius 1 is 1.28 bits per heavy atom.